The lowest BCUT2D eigenvalue weighted by Crippen LogP contribution is -2.04. The lowest BCUT2D eigenvalue weighted by molar-refractivity contribution is -0.384. The van der Waals surface area contributed by atoms with E-state index in [0.717, 1.165) is 15.5 Å². The monoisotopic (exact) mass is 322 g/mol. The first-order valence-electron chi connectivity index (χ1n) is 6.28. The standard InChI is InChI=1S/C14H11ClN2O3S/c1-2-20-9-6-11(17(18)19)14-13(7-9)21-12-5-8(15)3-4-10(12)16-14/h3-7,16H,2H2,1H3. The van der Waals surface area contributed by atoms with Gasteiger partial charge in [-0.1, -0.05) is 23.4 Å². The maximum Gasteiger partial charge on any atom is 0.297 e. The first-order valence-corrected chi connectivity index (χ1v) is 7.47. The minimum absolute atomic E-state index is 0.00375. The van der Waals surface area contributed by atoms with Gasteiger partial charge in [0.05, 0.1) is 23.3 Å². The highest BCUT2D eigenvalue weighted by Gasteiger charge is 2.26. The van der Waals surface area contributed by atoms with Crippen molar-refractivity contribution in [3.8, 4) is 5.75 Å². The van der Waals surface area contributed by atoms with Crippen LogP contribution in [0, 0.1) is 10.1 Å². The molecule has 3 rings (SSSR count). The van der Waals surface area contributed by atoms with Crippen molar-refractivity contribution in [2.45, 2.75) is 16.7 Å². The molecule has 0 amide bonds. The predicted octanol–water partition coefficient (Wildman–Crippen LogP) is 4.86. The van der Waals surface area contributed by atoms with Crippen molar-refractivity contribution in [2.24, 2.45) is 0 Å². The number of nitro benzene ring substituents is 1. The van der Waals surface area contributed by atoms with Crippen LogP contribution in [0.2, 0.25) is 5.02 Å². The Morgan fingerprint density at radius 3 is 2.86 bits per heavy atom. The Morgan fingerprint density at radius 2 is 2.14 bits per heavy atom. The van der Waals surface area contributed by atoms with E-state index >= 15 is 0 Å². The van der Waals surface area contributed by atoms with E-state index < -0.39 is 4.92 Å². The molecule has 5 nitrogen and oxygen atoms in total. The van der Waals surface area contributed by atoms with Crippen LogP contribution in [0.4, 0.5) is 17.1 Å². The molecule has 0 unspecified atom stereocenters. The predicted molar refractivity (Wildman–Crippen MR) is 83.1 cm³/mol. The highest BCUT2D eigenvalue weighted by atomic mass is 35.5. The van der Waals surface area contributed by atoms with Gasteiger partial charge in [-0.05, 0) is 31.2 Å². The third kappa shape index (κ3) is 2.64. The van der Waals surface area contributed by atoms with Gasteiger partial charge in [0, 0.05) is 14.8 Å². The van der Waals surface area contributed by atoms with Crippen LogP contribution in [-0.4, -0.2) is 11.5 Å². The molecule has 108 valence electrons. The smallest absolute Gasteiger partial charge is 0.297 e. The fraction of sp³-hybridized carbons (Fsp3) is 0.143. The fourth-order valence-electron chi connectivity index (χ4n) is 2.11. The molecular weight excluding hydrogens is 312 g/mol. The topological polar surface area (TPSA) is 64.4 Å². The van der Waals surface area contributed by atoms with Gasteiger partial charge >= 0.3 is 0 Å². The zero-order chi connectivity index (χ0) is 15.0. The number of hydrogen-bond donors (Lipinski definition) is 1. The van der Waals surface area contributed by atoms with Gasteiger partial charge in [0.15, 0.2) is 0 Å². The number of rotatable bonds is 3. The van der Waals surface area contributed by atoms with E-state index in [4.69, 9.17) is 16.3 Å². The number of anilines is 2. The molecule has 0 saturated carbocycles. The van der Waals surface area contributed by atoms with Crippen molar-refractivity contribution < 1.29 is 9.66 Å². The van der Waals surface area contributed by atoms with Crippen molar-refractivity contribution in [3.05, 3.63) is 45.5 Å². The van der Waals surface area contributed by atoms with Gasteiger partial charge in [0.2, 0.25) is 0 Å². The first kappa shape index (κ1) is 14.0. The van der Waals surface area contributed by atoms with Crippen LogP contribution >= 0.6 is 23.4 Å². The SMILES string of the molecule is CCOc1cc2c(c([N+](=O)[O-])c1)Nc1ccc(Cl)cc1S2. The van der Waals surface area contributed by atoms with Gasteiger partial charge in [0.25, 0.3) is 5.69 Å². The van der Waals surface area contributed by atoms with Crippen LogP contribution in [0.3, 0.4) is 0 Å². The van der Waals surface area contributed by atoms with Crippen molar-refractivity contribution in [1.82, 2.24) is 0 Å². The summed E-state index contributed by atoms with van der Waals surface area (Å²) < 4.78 is 5.40. The second kappa shape index (κ2) is 5.46. The van der Waals surface area contributed by atoms with Gasteiger partial charge in [-0.15, -0.1) is 0 Å². The minimum atomic E-state index is -0.407. The summed E-state index contributed by atoms with van der Waals surface area (Å²) in [7, 11) is 0. The molecule has 1 aliphatic heterocycles. The molecule has 0 bridgehead atoms. The van der Waals surface area contributed by atoms with Crippen molar-refractivity contribution in [3.63, 3.8) is 0 Å². The number of halogens is 1. The maximum atomic E-state index is 11.3. The third-order valence-corrected chi connectivity index (χ3v) is 4.32. The number of benzene rings is 2. The van der Waals surface area contributed by atoms with E-state index in [1.54, 1.807) is 12.1 Å². The second-order valence-electron chi connectivity index (χ2n) is 4.37. The Labute approximate surface area is 130 Å². The fourth-order valence-corrected chi connectivity index (χ4v) is 3.43. The lowest BCUT2D eigenvalue weighted by Gasteiger charge is -2.21. The molecule has 0 aliphatic carbocycles. The van der Waals surface area contributed by atoms with Crippen LogP contribution < -0.4 is 10.1 Å². The van der Waals surface area contributed by atoms with Gasteiger partial charge in [-0.25, -0.2) is 0 Å². The molecule has 0 fully saturated rings. The van der Waals surface area contributed by atoms with Crippen LogP contribution in [-0.2, 0) is 0 Å². The van der Waals surface area contributed by atoms with E-state index in [-0.39, 0.29) is 5.69 Å². The number of ether oxygens (including phenoxy) is 1. The summed E-state index contributed by atoms with van der Waals surface area (Å²) in [4.78, 5) is 12.5. The van der Waals surface area contributed by atoms with E-state index in [9.17, 15) is 10.1 Å². The molecular formula is C14H11ClN2O3S. The number of fused-ring (bicyclic) bond motifs is 2. The van der Waals surface area contributed by atoms with Gasteiger partial charge in [0.1, 0.15) is 11.4 Å². The Morgan fingerprint density at radius 1 is 1.33 bits per heavy atom. The Balaban J connectivity index is 2.11. The summed E-state index contributed by atoms with van der Waals surface area (Å²) in [5, 5.41) is 15.0. The summed E-state index contributed by atoms with van der Waals surface area (Å²) >= 11 is 7.43. The Bertz CT molecular complexity index is 736. The highest BCUT2D eigenvalue weighted by Crippen LogP contribution is 2.49. The summed E-state index contributed by atoms with van der Waals surface area (Å²) in [6.45, 7) is 2.29. The average Bonchev–Trinajstić information content (AvgIpc) is 2.44. The first-order chi connectivity index (χ1) is 10.1. The van der Waals surface area contributed by atoms with E-state index in [1.807, 2.05) is 19.1 Å². The number of nitrogens with one attached hydrogen (secondary N) is 1. The number of nitro groups is 1. The molecule has 1 aliphatic rings. The summed E-state index contributed by atoms with van der Waals surface area (Å²) in [6.07, 6.45) is 0. The number of nitrogens with zero attached hydrogens (tertiary/aromatic N) is 1. The Hall–Kier alpha value is -1.92. The molecule has 0 aromatic heterocycles. The third-order valence-electron chi connectivity index (χ3n) is 2.99. The molecule has 0 atom stereocenters. The van der Waals surface area contributed by atoms with Crippen LogP contribution in [0.5, 0.6) is 5.75 Å². The summed E-state index contributed by atoms with van der Waals surface area (Å²) in [6, 6.07) is 8.63. The zero-order valence-electron chi connectivity index (χ0n) is 11.1. The average molecular weight is 323 g/mol. The molecule has 0 saturated heterocycles. The zero-order valence-corrected chi connectivity index (χ0v) is 12.6. The summed E-state index contributed by atoms with van der Waals surface area (Å²) in [5.41, 5.74) is 1.30. The molecule has 7 heteroatoms. The van der Waals surface area contributed by atoms with Crippen LogP contribution in [0.1, 0.15) is 6.92 Å². The van der Waals surface area contributed by atoms with Crippen molar-refractivity contribution in [2.75, 3.05) is 11.9 Å². The Kier molecular flexibility index (Phi) is 3.65. The largest absolute Gasteiger partial charge is 0.494 e. The van der Waals surface area contributed by atoms with Crippen LogP contribution in [0.15, 0.2) is 40.1 Å². The van der Waals surface area contributed by atoms with Crippen molar-refractivity contribution in [1.29, 1.82) is 0 Å². The van der Waals surface area contributed by atoms with E-state index in [2.05, 4.69) is 5.32 Å². The second-order valence-corrected chi connectivity index (χ2v) is 5.89. The minimum Gasteiger partial charge on any atom is -0.494 e. The molecule has 1 heterocycles. The lowest BCUT2D eigenvalue weighted by atomic mass is 10.2. The number of hydrogen-bond acceptors (Lipinski definition) is 5. The normalized spacial score (nSPS) is 12.1. The van der Waals surface area contributed by atoms with Gasteiger partial charge in [-0.3, -0.25) is 10.1 Å². The van der Waals surface area contributed by atoms with Crippen molar-refractivity contribution >= 4 is 40.4 Å². The molecule has 0 radical (unpaired) electrons. The van der Waals surface area contributed by atoms with Gasteiger partial charge < -0.3 is 10.1 Å². The quantitative estimate of drug-likeness (QED) is 0.551. The molecule has 2 aromatic carbocycles. The van der Waals surface area contributed by atoms with Gasteiger partial charge in [-0.2, -0.15) is 0 Å². The van der Waals surface area contributed by atoms with E-state index in [1.165, 1.54) is 17.8 Å². The van der Waals surface area contributed by atoms with Crippen LogP contribution in [0.25, 0.3) is 0 Å². The maximum absolute atomic E-state index is 11.3. The molecule has 21 heavy (non-hydrogen) atoms. The molecule has 1 N–H and O–H groups in total. The molecule has 0 spiro atoms. The van der Waals surface area contributed by atoms with E-state index in [0.29, 0.717) is 23.1 Å². The summed E-state index contributed by atoms with van der Waals surface area (Å²) in [5.74, 6) is 0.489. The highest BCUT2D eigenvalue weighted by molar-refractivity contribution is 7.99. The molecule has 2 aromatic rings.